The van der Waals surface area contributed by atoms with E-state index in [0.717, 1.165) is 12.0 Å². The summed E-state index contributed by atoms with van der Waals surface area (Å²) in [5.74, 6) is 1.07. The van der Waals surface area contributed by atoms with Gasteiger partial charge in [-0.25, -0.2) is 4.98 Å². The normalized spacial score (nSPS) is 18.3. The van der Waals surface area contributed by atoms with Gasteiger partial charge in [0.1, 0.15) is 0 Å². The number of rotatable bonds is 2. The standard InChI is InChI=1S/C9H12N2O/c12-6-9-10-5-8(11-9)7-3-1-2-4-7/h5-7H,1-4H2,(H,10,11). The SMILES string of the molecule is O=Cc1ncc(C2CCCC2)[nH]1. The van der Waals surface area contributed by atoms with Crippen LogP contribution in [0.2, 0.25) is 0 Å². The van der Waals surface area contributed by atoms with E-state index in [1.807, 2.05) is 0 Å². The molecule has 12 heavy (non-hydrogen) atoms. The third-order valence-corrected chi connectivity index (χ3v) is 2.52. The summed E-state index contributed by atoms with van der Waals surface area (Å²) in [6, 6.07) is 0. The lowest BCUT2D eigenvalue weighted by Gasteiger charge is -2.03. The molecule has 1 saturated carbocycles. The van der Waals surface area contributed by atoms with Gasteiger partial charge in [0.2, 0.25) is 0 Å². The molecule has 2 rings (SSSR count). The molecule has 1 heterocycles. The number of hydrogen-bond donors (Lipinski definition) is 1. The summed E-state index contributed by atoms with van der Waals surface area (Å²) in [7, 11) is 0. The number of aromatic amines is 1. The Morgan fingerprint density at radius 2 is 2.25 bits per heavy atom. The van der Waals surface area contributed by atoms with Crippen LogP contribution in [0.4, 0.5) is 0 Å². The van der Waals surface area contributed by atoms with Gasteiger partial charge in [-0.05, 0) is 12.8 Å². The number of H-pyrrole nitrogens is 1. The highest BCUT2D eigenvalue weighted by atomic mass is 16.1. The van der Waals surface area contributed by atoms with E-state index >= 15 is 0 Å². The molecule has 0 aromatic carbocycles. The van der Waals surface area contributed by atoms with Gasteiger partial charge < -0.3 is 4.98 Å². The molecule has 0 radical (unpaired) electrons. The van der Waals surface area contributed by atoms with Crippen LogP contribution in [0, 0.1) is 0 Å². The van der Waals surface area contributed by atoms with Crippen molar-refractivity contribution in [3.63, 3.8) is 0 Å². The van der Waals surface area contributed by atoms with Crippen LogP contribution in [-0.2, 0) is 0 Å². The fraction of sp³-hybridized carbons (Fsp3) is 0.556. The van der Waals surface area contributed by atoms with Crippen LogP contribution in [0.15, 0.2) is 6.20 Å². The number of carbonyl (C=O) groups is 1. The van der Waals surface area contributed by atoms with Crippen molar-refractivity contribution in [1.82, 2.24) is 9.97 Å². The Kier molecular flexibility index (Phi) is 1.94. The summed E-state index contributed by atoms with van der Waals surface area (Å²) >= 11 is 0. The number of imidazole rings is 1. The molecule has 0 atom stereocenters. The second-order valence-electron chi connectivity index (χ2n) is 3.32. The summed E-state index contributed by atoms with van der Waals surface area (Å²) in [6.07, 6.45) is 7.64. The molecule has 1 aromatic rings. The Balaban J connectivity index is 2.16. The average molecular weight is 164 g/mol. The van der Waals surface area contributed by atoms with Crippen LogP contribution >= 0.6 is 0 Å². The van der Waals surface area contributed by atoms with Crippen molar-refractivity contribution >= 4 is 6.29 Å². The minimum absolute atomic E-state index is 0.455. The largest absolute Gasteiger partial charge is 0.339 e. The zero-order valence-electron chi connectivity index (χ0n) is 6.92. The lowest BCUT2D eigenvalue weighted by atomic mass is 10.1. The smallest absolute Gasteiger partial charge is 0.185 e. The number of hydrogen-bond acceptors (Lipinski definition) is 2. The van der Waals surface area contributed by atoms with E-state index in [4.69, 9.17) is 0 Å². The van der Waals surface area contributed by atoms with Gasteiger partial charge in [0.25, 0.3) is 0 Å². The fourth-order valence-electron chi connectivity index (χ4n) is 1.86. The Hall–Kier alpha value is -1.12. The van der Waals surface area contributed by atoms with E-state index < -0.39 is 0 Å². The summed E-state index contributed by atoms with van der Waals surface area (Å²) in [6.45, 7) is 0. The molecule has 0 aliphatic heterocycles. The van der Waals surface area contributed by atoms with Crippen LogP contribution in [0.5, 0.6) is 0 Å². The number of nitrogens with zero attached hydrogens (tertiary/aromatic N) is 1. The van der Waals surface area contributed by atoms with Crippen molar-refractivity contribution in [2.24, 2.45) is 0 Å². The Bertz CT molecular complexity index is 274. The van der Waals surface area contributed by atoms with Crippen molar-refractivity contribution in [2.45, 2.75) is 31.6 Å². The maximum atomic E-state index is 10.3. The van der Waals surface area contributed by atoms with E-state index in [1.165, 1.54) is 25.7 Å². The van der Waals surface area contributed by atoms with Crippen molar-refractivity contribution in [3.8, 4) is 0 Å². The van der Waals surface area contributed by atoms with Crippen molar-refractivity contribution in [2.75, 3.05) is 0 Å². The van der Waals surface area contributed by atoms with Gasteiger partial charge in [-0.3, -0.25) is 4.79 Å². The zero-order chi connectivity index (χ0) is 8.39. The Labute approximate surface area is 71.2 Å². The van der Waals surface area contributed by atoms with Crippen molar-refractivity contribution in [1.29, 1.82) is 0 Å². The highest BCUT2D eigenvalue weighted by Gasteiger charge is 2.18. The predicted molar refractivity (Wildman–Crippen MR) is 45.2 cm³/mol. The van der Waals surface area contributed by atoms with Gasteiger partial charge in [-0.15, -0.1) is 0 Å². The Morgan fingerprint density at radius 3 is 2.83 bits per heavy atom. The minimum Gasteiger partial charge on any atom is -0.339 e. The Morgan fingerprint density at radius 1 is 1.50 bits per heavy atom. The van der Waals surface area contributed by atoms with Gasteiger partial charge in [0.15, 0.2) is 12.1 Å². The summed E-state index contributed by atoms with van der Waals surface area (Å²) < 4.78 is 0. The van der Waals surface area contributed by atoms with Gasteiger partial charge in [-0.1, -0.05) is 12.8 Å². The number of aldehydes is 1. The second-order valence-corrected chi connectivity index (χ2v) is 3.32. The highest BCUT2D eigenvalue weighted by Crippen LogP contribution is 2.32. The van der Waals surface area contributed by atoms with Crippen LogP contribution in [0.1, 0.15) is 47.9 Å². The topological polar surface area (TPSA) is 45.8 Å². The quantitative estimate of drug-likeness (QED) is 0.678. The third kappa shape index (κ3) is 1.26. The molecule has 64 valence electrons. The van der Waals surface area contributed by atoms with E-state index in [1.54, 1.807) is 6.20 Å². The molecule has 1 aliphatic carbocycles. The molecule has 1 aromatic heterocycles. The third-order valence-electron chi connectivity index (χ3n) is 2.52. The molecule has 1 fully saturated rings. The second kappa shape index (κ2) is 3.09. The number of carbonyl (C=O) groups excluding carboxylic acids is 1. The van der Waals surface area contributed by atoms with Gasteiger partial charge >= 0.3 is 0 Å². The lowest BCUT2D eigenvalue weighted by Crippen LogP contribution is -1.92. The molecule has 0 bridgehead atoms. The average Bonchev–Trinajstić information content (AvgIpc) is 2.75. The van der Waals surface area contributed by atoms with Gasteiger partial charge in [0, 0.05) is 17.8 Å². The van der Waals surface area contributed by atoms with E-state index in [9.17, 15) is 4.79 Å². The van der Waals surface area contributed by atoms with E-state index in [0.29, 0.717) is 11.7 Å². The number of aromatic nitrogens is 2. The summed E-state index contributed by atoms with van der Waals surface area (Å²) in [4.78, 5) is 17.3. The molecular formula is C9H12N2O. The van der Waals surface area contributed by atoms with Gasteiger partial charge in [0.05, 0.1) is 0 Å². The maximum Gasteiger partial charge on any atom is 0.185 e. The van der Waals surface area contributed by atoms with Gasteiger partial charge in [-0.2, -0.15) is 0 Å². The molecule has 0 saturated heterocycles. The molecule has 3 heteroatoms. The fourth-order valence-corrected chi connectivity index (χ4v) is 1.86. The highest BCUT2D eigenvalue weighted by molar-refractivity contribution is 5.68. The van der Waals surface area contributed by atoms with Crippen LogP contribution in [0.3, 0.4) is 0 Å². The van der Waals surface area contributed by atoms with E-state index in [2.05, 4.69) is 9.97 Å². The molecule has 0 unspecified atom stereocenters. The summed E-state index contributed by atoms with van der Waals surface area (Å²) in [5, 5.41) is 0. The van der Waals surface area contributed by atoms with Crippen LogP contribution < -0.4 is 0 Å². The molecule has 1 aliphatic rings. The lowest BCUT2D eigenvalue weighted by molar-refractivity contribution is 0.111. The molecule has 1 N–H and O–H groups in total. The minimum atomic E-state index is 0.455. The molecule has 3 nitrogen and oxygen atoms in total. The number of nitrogens with one attached hydrogen (secondary N) is 1. The van der Waals surface area contributed by atoms with E-state index in [-0.39, 0.29) is 0 Å². The molecular weight excluding hydrogens is 152 g/mol. The van der Waals surface area contributed by atoms with Crippen LogP contribution in [0.25, 0.3) is 0 Å². The first-order chi connectivity index (χ1) is 5.90. The monoisotopic (exact) mass is 164 g/mol. The maximum absolute atomic E-state index is 10.3. The first-order valence-corrected chi connectivity index (χ1v) is 4.40. The first kappa shape index (κ1) is 7.53. The molecule has 0 spiro atoms. The summed E-state index contributed by atoms with van der Waals surface area (Å²) in [5.41, 5.74) is 1.13. The molecule has 0 amide bonds. The first-order valence-electron chi connectivity index (χ1n) is 4.40. The zero-order valence-corrected chi connectivity index (χ0v) is 6.92. The van der Waals surface area contributed by atoms with Crippen molar-refractivity contribution < 1.29 is 4.79 Å². The van der Waals surface area contributed by atoms with Crippen molar-refractivity contribution in [3.05, 3.63) is 17.7 Å². The van der Waals surface area contributed by atoms with Crippen LogP contribution in [-0.4, -0.2) is 16.3 Å². The predicted octanol–water partition coefficient (Wildman–Crippen LogP) is 1.88.